The van der Waals surface area contributed by atoms with Crippen LogP contribution >= 0.6 is 0 Å². The average Bonchev–Trinajstić information content (AvgIpc) is 2.11. The summed E-state index contributed by atoms with van der Waals surface area (Å²) < 4.78 is 29.6. The maximum absolute atomic E-state index is 9.86. The molecule has 0 bridgehead atoms. The van der Waals surface area contributed by atoms with Crippen molar-refractivity contribution in [2.24, 2.45) is 0 Å². The van der Waals surface area contributed by atoms with Crippen molar-refractivity contribution < 1.29 is 31.5 Å². The molecule has 0 N–H and O–H groups in total. The molecule has 0 radical (unpaired) electrons. The van der Waals surface area contributed by atoms with Gasteiger partial charge in [0, 0.05) is 0 Å². The molecule has 0 atom stereocenters. The summed E-state index contributed by atoms with van der Waals surface area (Å²) >= 11 is -5.04. The maximum atomic E-state index is 9.86. The summed E-state index contributed by atoms with van der Waals surface area (Å²) in [4.78, 5) is 0. The minimum Gasteiger partial charge on any atom is -0.214 e. The fourth-order valence-corrected chi connectivity index (χ4v) is 0.321. The predicted molar refractivity (Wildman–Crippen MR) is 25.4 cm³/mol. The van der Waals surface area contributed by atoms with E-state index in [1.807, 2.05) is 30.3 Å². The van der Waals surface area contributed by atoms with E-state index in [9.17, 15) is 7.88 Å². The van der Waals surface area contributed by atoms with Crippen LogP contribution in [0, 0.1) is 0 Å². The Balaban J connectivity index is 0.000000148. The van der Waals surface area contributed by atoms with Crippen LogP contribution < -0.4 is 0 Å². The zero-order valence-corrected chi connectivity index (χ0v) is 6.98. The molecular formula is C5H5F3Zr-. The van der Waals surface area contributed by atoms with Gasteiger partial charge in [0.1, 0.15) is 0 Å². The Morgan fingerprint density at radius 1 is 1.00 bits per heavy atom. The Kier molecular flexibility index (Phi) is 6.16. The van der Waals surface area contributed by atoms with E-state index in [0.29, 0.717) is 0 Å². The molecular weight excluding hydrogens is 208 g/mol. The number of rotatable bonds is 0. The van der Waals surface area contributed by atoms with Crippen LogP contribution in [0.3, 0.4) is 0 Å². The molecule has 0 nitrogen and oxygen atoms in total. The van der Waals surface area contributed by atoms with Gasteiger partial charge in [0.2, 0.25) is 0 Å². The molecule has 4 heteroatoms. The molecule has 1 aromatic carbocycles. The third-order valence-corrected chi connectivity index (χ3v) is 0.556. The summed E-state index contributed by atoms with van der Waals surface area (Å²) in [7, 11) is 0. The van der Waals surface area contributed by atoms with Crippen molar-refractivity contribution in [1.82, 2.24) is 0 Å². The minimum atomic E-state index is -5.04. The molecule has 0 amide bonds. The molecule has 0 aromatic heterocycles. The van der Waals surface area contributed by atoms with Gasteiger partial charge in [-0.15, -0.1) is 0 Å². The quantitative estimate of drug-likeness (QED) is 0.581. The van der Waals surface area contributed by atoms with Gasteiger partial charge < -0.3 is 0 Å². The van der Waals surface area contributed by atoms with E-state index in [1.165, 1.54) is 0 Å². The molecule has 1 aromatic rings. The van der Waals surface area contributed by atoms with Gasteiger partial charge in [0.05, 0.1) is 0 Å². The van der Waals surface area contributed by atoms with E-state index in [-0.39, 0.29) is 0 Å². The first-order chi connectivity index (χ1) is 4.23. The van der Waals surface area contributed by atoms with Gasteiger partial charge in [0.15, 0.2) is 0 Å². The van der Waals surface area contributed by atoms with Crippen LogP contribution in [0.4, 0.5) is 7.88 Å². The zero-order valence-electron chi connectivity index (χ0n) is 4.52. The SMILES string of the molecule is [F][Zr]([F])[F].c1cc[cH-]c1. The third-order valence-electron chi connectivity index (χ3n) is 0.556. The maximum Gasteiger partial charge on any atom is -0.172 e. The smallest absolute Gasteiger partial charge is 0.172 e. The van der Waals surface area contributed by atoms with Crippen LogP contribution in [0.25, 0.3) is 0 Å². The summed E-state index contributed by atoms with van der Waals surface area (Å²) in [6, 6.07) is 10.0. The van der Waals surface area contributed by atoms with E-state index in [0.717, 1.165) is 0 Å². The summed E-state index contributed by atoms with van der Waals surface area (Å²) in [5, 5.41) is 0. The van der Waals surface area contributed by atoms with Gasteiger partial charge in [0.25, 0.3) is 0 Å². The third kappa shape index (κ3) is 11.5. The average molecular weight is 213 g/mol. The van der Waals surface area contributed by atoms with Gasteiger partial charge >= 0.3 is 31.5 Å². The molecule has 0 aliphatic rings. The van der Waals surface area contributed by atoms with Gasteiger partial charge in [-0.05, 0) is 0 Å². The van der Waals surface area contributed by atoms with Crippen LogP contribution in [0.2, 0.25) is 0 Å². The van der Waals surface area contributed by atoms with Crippen LogP contribution in [0.15, 0.2) is 30.3 Å². The Hall–Kier alpha value is 0.0231. The Labute approximate surface area is 62.0 Å². The van der Waals surface area contributed by atoms with Gasteiger partial charge in [-0.2, -0.15) is 18.2 Å². The summed E-state index contributed by atoms with van der Waals surface area (Å²) in [6.07, 6.45) is 0. The molecule has 51 valence electrons. The molecule has 0 saturated heterocycles. The molecule has 0 spiro atoms. The van der Waals surface area contributed by atoms with Crippen LogP contribution in [-0.2, 0) is 23.6 Å². The van der Waals surface area contributed by atoms with Crippen molar-refractivity contribution in [2.75, 3.05) is 0 Å². The van der Waals surface area contributed by atoms with E-state index >= 15 is 0 Å². The standard InChI is InChI=1S/C5H5.3FH.Zr/c1-2-4-5-3-1;;;;/h1-5H;3*1H;/q-1;;;;+3/p-3. The van der Waals surface area contributed by atoms with Crippen molar-refractivity contribution in [3.63, 3.8) is 0 Å². The largest absolute Gasteiger partial charge is 0.214 e. The topological polar surface area (TPSA) is 0 Å². The van der Waals surface area contributed by atoms with Crippen LogP contribution in [0.5, 0.6) is 0 Å². The minimum absolute atomic E-state index is 2.00. The fourth-order valence-electron chi connectivity index (χ4n) is 0.321. The van der Waals surface area contributed by atoms with Crippen molar-refractivity contribution in [3.8, 4) is 0 Å². The van der Waals surface area contributed by atoms with Crippen LogP contribution in [0.1, 0.15) is 0 Å². The van der Waals surface area contributed by atoms with E-state index in [2.05, 4.69) is 0 Å². The molecule has 0 aliphatic heterocycles. The predicted octanol–water partition coefficient (Wildman–Crippen LogP) is 2.66. The fraction of sp³-hybridized carbons (Fsp3) is 0. The Morgan fingerprint density at radius 2 is 1.33 bits per heavy atom. The monoisotopic (exact) mass is 212 g/mol. The number of halogens is 3. The zero-order chi connectivity index (χ0) is 7.11. The van der Waals surface area contributed by atoms with Crippen molar-refractivity contribution in [3.05, 3.63) is 30.3 Å². The molecule has 0 heterocycles. The van der Waals surface area contributed by atoms with Crippen LogP contribution in [-0.4, -0.2) is 0 Å². The van der Waals surface area contributed by atoms with Crippen molar-refractivity contribution in [2.45, 2.75) is 0 Å². The van der Waals surface area contributed by atoms with E-state index in [1.54, 1.807) is 0 Å². The molecule has 1 rings (SSSR count). The summed E-state index contributed by atoms with van der Waals surface area (Å²) in [5.41, 5.74) is 0. The first-order valence-electron chi connectivity index (χ1n) is 2.23. The molecule has 0 saturated carbocycles. The summed E-state index contributed by atoms with van der Waals surface area (Å²) in [6.45, 7) is 0. The van der Waals surface area contributed by atoms with Gasteiger partial charge in [-0.3, -0.25) is 0 Å². The number of hydrogen-bond donors (Lipinski definition) is 0. The second kappa shape index (κ2) is 6.15. The number of hydrogen-bond acceptors (Lipinski definition) is 0. The van der Waals surface area contributed by atoms with Gasteiger partial charge in [-0.25, -0.2) is 12.1 Å². The Bertz CT molecular complexity index is 95.8. The second-order valence-corrected chi connectivity index (χ2v) is 2.23. The van der Waals surface area contributed by atoms with E-state index in [4.69, 9.17) is 0 Å². The summed E-state index contributed by atoms with van der Waals surface area (Å²) in [5.74, 6) is 0. The first kappa shape index (κ1) is 9.02. The molecule has 0 fully saturated rings. The molecule has 0 unspecified atom stereocenters. The van der Waals surface area contributed by atoms with E-state index < -0.39 is 23.6 Å². The van der Waals surface area contributed by atoms with Gasteiger partial charge in [-0.1, -0.05) is 0 Å². The molecule has 0 aliphatic carbocycles. The van der Waals surface area contributed by atoms with Crippen molar-refractivity contribution in [1.29, 1.82) is 0 Å². The van der Waals surface area contributed by atoms with Crippen molar-refractivity contribution >= 4 is 0 Å². The first-order valence-corrected chi connectivity index (χ1v) is 5.02. The Morgan fingerprint density at radius 3 is 1.44 bits per heavy atom. The second-order valence-electron chi connectivity index (χ2n) is 1.18. The normalized spacial score (nSPS) is 7.44. The molecule has 9 heavy (non-hydrogen) atoms.